The van der Waals surface area contributed by atoms with E-state index in [-0.39, 0.29) is 12.4 Å². The Bertz CT molecular complexity index is 629. The normalized spacial score (nSPS) is 10.3. The minimum Gasteiger partial charge on any atom is -0.308 e. The molecular formula is C16H16ClNS. The lowest BCUT2D eigenvalue weighted by Crippen LogP contribution is -2.11. The molecule has 0 radical (unpaired) electrons. The van der Waals surface area contributed by atoms with Crippen LogP contribution in [0.3, 0.4) is 0 Å². The summed E-state index contributed by atoms with van der Waals surface area (Å²) in [5.74, 6) is 0. The van der Waals surface area contributed by atoms with Crippen LogP contribution in [-0.4, -0.2) is 0 Å². The first-order valence-corrected chi connectivity index (χ1v) is 7.01. The van der Waals surface area contributed by atoms with E-state index in [0.29, 0.717) is 0 Å². The highest BCUT2D eigenvalue weighted by Crippen LogP contribution is 2.18. The fraction of sp³-hybridized carbons (Fsp3) is 0.125. The van der Waals surface area contributed by atoms with Crippen molar-refractivity contribution < 1.29 is 0 Å². The zero-order chi connectivity index (χ0) is 12.2. The van der Waals surface area contributed by atoms with E-state index >= 15 is 0 Å². The highest BCUT2D eigenvalue weighted by Gasteiger charge is 2.00. The molecule has 1 heterocycles. The number of rotatable bonds is 4. The lowest BCUT2D eigenvalue weighted by atomic mass is 10.0. The van der Waals surface area contributed by atoms with Crippen LogP contribution in [0.15, 0.2) is 60.0 Å². The molecule has 2 aromatic carbocycles. The lowest BCUT2D eigenvalue weighted by molar-refractivity contribution is 0.704. The van der Waals surface area contributed by atoms with Crippen LogP contribution in [0, 0.1) is 0 Å². The molecule has 19 heavy (non-hydrogen) atoms. The maximum atomic E-state index is 3.51. The largest absolute Gasteiger partial charge is 0.308 e. The van der Waals surface area contributed by atoms with Gasteiger partial charge >= 0.3 is 0 Å². The Labute approximate surface area is 123 Å². The van der Waals surface area contributed by atoms with Crippen LogP contribution < -0.4 is 5.32 Å². The van der Waals surface area contributed by atoms with Crippen LogP contribution in [0.2, 0.25) is 0 Å². The number of halogens is 1. The molecule has 0 atom stereocenters. The molecule has 0 saturated carbocycles. The highest BCUT2D eigenvalue weighted by molar-refractivity contribution is 7.09. The standard InChI is InChI=1S/C16H15NS.ClH/c1-2-9-16-13(5-1)6-3-7-14(16)11-17-12-15-8-4-10-18-15;/h1-10,17H,11-12H2;1H. The van der Waals surface area contributed by atoms with E-state index in [4.69, 9.17) is 0 Å². The predicted octanol–water partition coefficient (Wildman–Crippen LogP) is 4.61. The summed E-state index contributed by atoms with van der Waals surface area (Å²) < 4.78 is 0. The zero-order valence-corrected chi connectivity index (χ0v) is 12.1. The predicted molar refractivity (Wildman–Crippen MR) is 86.1 cm³/mol. The number of nitrogens with one attached hydrogen (secondary N) is 1. The van der Waals surface area contributed by atoms with Gasteiger partial charge in [-0.05, 0) is 27.8 Å². The van der Waals surface area contributed by atoms with Crippen molar-refractivity contribution in [2.45, 2.75) is 13.1 Å². The van der Waals surface area contributed by atoms with E-state index in [1.807, 2.05) is 0 Å². The quantitative estimate of drug-likeness (QED) is 0.739. The Kier molecular flexibility index (Phi) is 4.97. The fourth-order valence-electron chi connectivity index (χ4n) is 2.18. The SMILES string of the molecule is Cl.c1csc(CNCc2cccc3ccccc23)c1. The Hall–Kier alpha value is -1.35. The van der Waals surface area contributed by atoms with E-state index in [9.17, 15) is 0 Å². The zero-order valence-electron chi connectivity index (χ0n) is 10.5. The van der Waals surface area contributed by atoms with Gasteiger partial charge in [0.2, 0.25) is 0 Å². The molecular weight excluding hydrogens is 274 g/mol. The van der Waals surface area contributed by atoms with Gasteiger partial charge in [-0.15, -0.1) is 23.7 Å². The van der Waals surface area contributed by atoms with E-state index in [1.54, 1.807) is 11.3 Å². The summed E-state index contributed by atoms with van der Waals surface area (Å²) in [6.07, 6.45) is 0. The molecule has 3 rings (SSSR count). The summed E-state index contributed by atoms with van der Waals surface area (Å²) in [6, 6.07) is 19.3. The third-order valence-electron chi connectivity index (χ3n) is 3.07. The monoisotopic (exact) mass is 289 g/mol. The molecule has 98 valence electrons. The summed E-state index contributed by atoms with van der Waals surface area (Å²) in [6.45, 7) is 1.86. The van der Waals surface area contributed by atoms with E-state index in [1.165, 1.54) is 21.2 Å². The number of hydrogen-bond acceptors (Lipinski definition) is 2. The summed E-state index contributed by atoms with van der Waals surface area (Å²) in [4.78, 5) is 1.38. The number of benzene rings is 2. The molecule has 3 heteroatoms. The van der Waals surface area contributed by atoms with Gasteiger partial charge in [-0.25, -0.2) is 0 Å². The van der Waals surface area contributed by atoms with Gasteiger partial charge in [0.25, 0.3) is 0 Å². The van der Waals surface area contributed by atoms with Crippen LogP contribution in [0.4, 0.5) is 0 Å². The molecule has 0 amide bonds. The van der Waals surface area contributed by atoms with Gasteiger partial charge in [0.15, 0.2) is 0 Å². The fourth-order valence-corrected chi connectivity index (χ4v) is 2.85. The minimum absolute atomic E-state index is 0. The minimum atomic E-state index is 0. The summed E-state index contributed by atoms with van der Waals surface area (Å²) >= 11 is 1.80. The maximum absolute atomic E-state index is 3.51. The van der Waals surface area contributed by atoms with Crippen LogP contribution in [0.25, 0.3) is 10.8 Å². The Balaban J connectivity index is 0.00000133. The molecule has 3 aromatic rings. The smallest absolute Gasteiger partial charge is 0.0302 e. The molecule has 0 unspecified atom stereocenters. The van der Waals surface area contributed by atoms with Crippen LogP contribution in [-0.2, 0) is 13.1 Å². The average molecular weight is 290 g/mol. The number of fused-ring (bicyclic) bond motifs is 1. The second-order valence-corrected chi connectivity index (χ2v) is 5.35. The molecule has 0 fully saturated rings. The van der Waals surface area contributed by atoms with Gasteiger partial charge in [0.1, 0.15) is 0 Å². The summed E-state index contributed by atoms with van der Waals surface area (Å²) in [5, 5.41) is 8.29. The molecule has 1 aromatic heterocycles. The van der Waals surface area contributed by atoms with Crippen molar-refractivity contribution in [2.24, 2.45) is 0 Å². The third kappa shape index (κ3) is 3.35. The lowest BCUT2D eigenvalue weighted by Gasteiger charge is -2.07. The van der Waals surface area contributed by atoms with Crippen molar-refractivity contribution >= 4 is 34.5 Å². The summed E-state index contributed by atoms with van der Waals surface area (Å²) in [7, 11) is 0. The van der Waals surface area contributed by atoms with Crippen molar-refractivity contribution in [3.8, 4) is 0 Å². The molecule has 0 aliphatic heterocycles. The second-order valence-electron chi connectivity index (χ2n) is 4.32. The first-order valence-electron chi connectivity index (χ1n) is 6.13. The molecule has 0 aliphatic carbocycles. The first-order chi connectivity index (χ1) is 8.93. The van der Waals surface area contributed by atoms with Gasteiger partial charge in [-0.2, -0.15) is 0 Å². The van der Waals surface area contributed by atoms with Crippen molar-refractivity contribution in [1.29, 1.82) is 0 Å². The van der Waals surface area contributed by atoms with Crippen molar-refractivity contribution in [3.05, 3.63) is 70.4 Å². The molecule has 1 nitrogen and oxygen atoms in total. The molecule has 0 spiro atoms. The Morgan fingerprint density at radius 3 is 2.53 bits per heavy atom. The highest BCUT2D eigenvalue weighted by atomic mass is 35.5. The average Bonchev–Trinajstić information content (AvgIpc) is 2.92. The maximum Gasteiger partial charge on any atom is 0.0302 e. The van der Waals surface area contributed by atoms with E-state index in [2.05, 4.69) is 65.3 Å². The van der Waals surface area contributed by atoms with Crippen LogP contribution >= 0.6 is 23.7 Å². The van der Waals surface area contributed by atoms with Crippen molar-refractivity contribution in [3.63, 3.8) is 0 Å². The molecule has 0 saturated heterocycles. The van der Waals surface area contributed by atoms with Gasteiger partial charge in [0.05, 0.1) is 0 Å². The molecule has 0 bridgehead atoms. The molecule has 0 aliphatic rings. The van der Waals surface area contributed by atoms with E-state index < -0.39 is 0 Å². The number of thiophene rings is 1. The van der Waals surface area contributed by atoms with E-state index in [0.717, 1.165) is 13.1 Å². The van der Waals surface area contributed by atoms with Crippen LogP contribution in [0.1, 0.15) is 10.4 Å². The molecule has 1 N–H and O–H groups in total. The Morgan fingerprint density at radius 2 is 1.68 bits per heavy atom. The van der Waals surface area contributed by atoms with Crippen molar-refractivity contribution in [2.75, 3.05) is 0 Å². The van der Waals surface area contributed by atoms with Gasteiger partial charge in [-0.3, -0.25) is 0 Å². The topological polar surface area (TPSA) is 12.0 Å². The van der Waals surface area contributed by atoms with Gasteiger partial charge in [0, 0.05) is 18.0 Å². The third-order valence-corrected chi connectivity index (χ3v) is 3.95. The summed E-state index contributed by atoms with van der Waals surface area (Å²) in [5.41, 5.74) is 1.37. The Morgan fingerprint density at radius 1 is 0.842 bits per heavy atom. The number of hydrogen-bond donors (Lipinski definition) is 1. The van der Waals surface area contributed by atoms with Crippen LogP contribution in [0.5, 0.6) is 0 Å². The van der Waals surface area contributed by atoms with Crippen molar-refractivity contribution in [1.82, 2.24) is 5.32 Å². The first kappa shape index (κ1) is 14.1. The van der Waals surface area contributed by atoms with Gasteiger partial charge < -0.3 is 5.32 Å². The second kappa shape index (κ2) is 6.71. The van der Waals surface area contributed by atoms with Gasteiger partial charge in [-0.1, -0.05) is 48.5 Å².